The maximum atomic E-state index is 12.4. The number of hydrogen-bond donors (Lipinski definition) is 0. The van der Waals surface area contributed by atoms with Crippen LogP contribution < -0.4 is 4.74 Å². The number of likely N-dealkylation sites (tertiary alicyclic amines) is 1. The van der Waals surface area contributed by atoms with Crippen molar-refractivity contribution in [1.82, 2.24) is 4.90 Å². The Labute approximate surface area is 163 Å². The molecule has 0 bridgehead atoms. The molecule has 3 unspecified atom stereocenters. The lowest BCUT2D eigenvalue weighted by molar-refractivity contribution is -0.147. The van der Waals surface area contributed by atoms with Crippen LogP contribution in [0.15, 0.2) is 36.4 Å². The molecule has 1 saturated heterocycles. The first kappa shape index (κ1) is 19.8. The third-order valence-electron chi connectivity index (χ3n) is 5.19. The van der Waals surface area contributed by atoms with Crippen molar-refractivity contribution in [2.45, 2.75) is 32.3 Å². The fourth-order valence-electron chi connectivity index (χ4n) is 3.59. The van der Waals surface area contributed by atoms with Crippen LogP contribution in [0.25, 0.3) is 0 Å². The number of benzene rings is 1. The Bertz CT molecular complexity index is 787. The predicted octanol–water partition coefficient (Wildman–Crippen LogP) is 2.15. The topological polar surface area (TPSA) is 90.0 Å². The normalized spacial score (nSPS) is 22.0. The Hall–Kier alpha value is -2.96. The van der Waals surface area contributed by atoms with Crippen LogP contribution >= 0.6 is 0 Å². The number of nitrogens with zero attached hydrogens (tertiary/aromatic N) is 1. The summed E-state index contributed by atoms with van der Waals surface area (Å²) in [5.41, 5.74) is 0.405. The number of fused-ring (bicyclic) bond motifs is 1. The summed E-state index contributed by atoms with van der Waals surface area (Å²) in [6, 6.07) is 6.51. The Morgan fingerprint density at radius 2 is 1.64 bits per heavy atom. The zero-order chi connectivity index (χ0) is 20.3. The van der Waals surface area contributed by atoms with E-state index in [1.807, 2.05) is 12.2 Å². The second-order valence-electron chi connectivity index (χ2n) is 6.96. The van der Waals surface area contributed by atoms with E-state index in [0.717, 1.165) is 4.90 Å². The number of carbonyl (C=O) groups excluding carboxylic acids is 4. The predicted molar refractivity (Wildman–Crippen MR) is 99.6 cm³/mol. The summed E-state index contributed by atoms with van der Waals surface area (Å²) in [5.74, 6) is -1.42. The Morgan fingerprint density at radius 3 is 2.18 bits per heavy atom. The van der Waals surface area contributed by atoms with Gasteiger partial charge in [-0.05, 0) is 44.0 Å². The van der Waals surface area contributed by atoms with Crippen molar-refractivity contribution in [2.24, 2.45) is 11.8 Å². The summed E-state index contributed by atoms with van der Waals surface area (Å²) in [7, 11) is 1.53. The number of hydrogen-bond acceptors (Lipinski definition) is 6. The molecule has 0 saturated carbocycles. The lowest BCUT2D eigenvalue weighted by atomic mass is 9.85. The monoisotopic (exact) mass is 385 g/mol. The average molecular weight is 385 g/mol. The van der Waals surface area contributed by atoms with Gasteiger partial charge in [0.05, 0.1) is 25.4 Å². The summed E-state index contributed by atoms with van der Waals surface area (Å²) >= 11 is 0. The van der Waals surface area contributed by atoms with Gasteiger partial charge in [0.2, 0.25) is 17.6 Å². The second kappa shape index (κ2) is 8.37. The van der Waals surface area contributed by atoms with Crippen molar-refractivity contribution in [3.8, 4) is 5.75 Å². The van der Waals surface area contributed by atoms with Crippen LogP contribution in [-0.4, -0.2) is 48.2 Å². The van der Waals surface area contributed by atoms with E-state index in [2.05, 4.69) is 0 Å². The lowest BCUT2D eigenvalue weighted by Crippen LogP contribution is -2.34. The number of carbonyl (C=O) groups is 4. The first-order valence-electron chi connectivity index (χ1n) is 9.30. The van der Waals surface area contributed by atoms with Crippen molar-refractivity contribution < 1.29 is 28.7 Å². The molecule has 0 aromatic heterocycles. The van der Waals surface area contributed by atoms with Crippen LogP contribution in [0.1, 0.15) is 36.5 Å². The number of Topliss-reactive ketones (excluding diaryl/α,β-unsaturated/α-hetero) is 1. The molecule has 2 amide bonds. The van der Waals surface area contributed by atoms with Gasteiger partial charge in [-0.3, -0.25) is 24.1 Å². The number of ether oxygens (including phenoxy) is 2. The van der Waals surface area contributed by atoms with Gasteiger partial charge < -0.3 is 9.47 Å². The SMILES string of the molecule is COc1ccc(C(=O)C(C)OC(=O)CCN2C(=O)C3CC=CCC3C2=O)cc1. The molecule has 3 rings (SSSR count). The van der Waals surface area contributed by atoms with E-state index in [9.17, 15) is 19.2 Å². The molecule has 148 valence electrons. The lowest BCUT2D eigenvalue weighted by Gasteiger charge is -2.16. The van der Waals surface area contributed by atoms with Gasteiger partial charge in [-0.15, -0.1) is 0 Å². The Morgan fingerprint density at radius 1 is 1.07 bits per heavy atom. The van der Waals surface area contributed by atoms with E-state index < -0.39 is 12.1 Å². The van der Waals surface area contributed by atoms with Gasteiger partial charge in [0.15, 0.2) is 6.10 Å². The fraction of sp³-hybridized carbons (Fsp3) is 0.429. The van der Waals surface area contributed by atoms with E-state index in [0.29, 0.717) is 24.2 Å². The third-order valence-corrected chi connectivity index (χ3v) is 5.19. The summed E-state index contributed by atoms with van der Waals surface area (Å²) in [6.45, 7) is 1.48. The van der Waals surface area contributed by atoms with Gasteiger partial charge in [0, 0.05) is 12.1 Å². The maximum Gasteiger partial charge on any atom is 0.308 e. The molecule has 2 aliphatic rings. The molecule has 1 fully saturated rings. The summed E-state index contributed by atoms with van der Waals surface area (Å²) in [5, 5.41) is 0. The summed E-state index contributed by atoms with van der Waals surface area (Å²) in [6.07, 6.45) is 3.85. The van der Waals surface area contributed by atoms with Gasteiger partial charge in [-0.1, -0.05) is 12.2 Å². The molecule has 1 aromatic carbocycles. The van der Waals surface area contributed by atoms with E-state index in [1.54, 1.807) is 24.3 Å². The van der Waals surface area contributed by atoms with E-state index in [-0.39, 0.29) is 42.4 Å². The molecule has 1 aliphatic carbocycles. The Balaban J connectivity index is 1.51. The van der Waals surface area contributed by atoms with Crippen LogP contribution in [-0.2, 0) is 19.1 Å². The standard InChI is InChI=1S/C21H23NO6/c1-13(19(24)14-7-9-15(27-2)10-8-14)28-18(23)11-12-22-20(25)16-5-3-4-6-17(16)21(22)26/h3-4,7-10,13,16-17H,5-6,11-12H2,1-2H3. The molecule has 1 aromatic rings. The largest absolute Gasteiger partial charge is 0.497 e. The molecule has 3 atom stereocenters. The number of ketones is 1. The summed E-state index contributed by atoms with van der Waals surface area (Å²) < 4.78 is 10.2. The third kappa shape index (κ3) is 3.98. The number of methoxy groups -OCH3 is 1. The minimum Gasteiger partial charge on any atom is -0.497 e. The molecular formula is C21H23NO6. The van der Waals surface area contributed by atoms with E-state index >= 15 is 0 Å². The molecule has 28 heavy (non-hydrogen) atoms. The number of allylic oxidation sites excluding steroid dienone is 2. The van der Waals surface area contributed by atoms with Crippen molar-refractivity contribution in [1.29, 1.82) is 0 Å². The quantitative estimate of drug-likeness (QED) is 0.309. The first-order valence-corrected chi connectivity index (χ1v) is 9.30. The van der Waals surface area contributed by atoms with Gasteiger partial charge in [-0.25, -0.2) is 0 Å². The summed E-state index contributed by atoms with van der Waals surface area (Å²) in [4.78, 5) is 50.4. The second-order valence-corrected chi connectivity index (χ2v) is 6.96. The zero-order valence-electron chi connectivity index (χ0n) is 15.9. The fourth-order valence-corrected chi connectivity index (χ4v) is 3.59. The Kier molecular flexibility index (Phi) is 5.92. The molecule has 7 nitrogen and oxygen atoms in total. The number of amides is 2. The smallest absolute Gasteiger partial charge is 0.308 e. The number of esters is 1. The molecule has 0 spiro atoms. The van der Waals surface area contributed by atoms with Gasteiger partial charge in [-0.2, -0.15) is 0 Å². The van der Waals surface area contributed by atoms with Gasteiger partial charge >= 0.3 is 5.97 Å². The molecule has 1 aliphatic heterocycles. The van der Waals surface area contributed by atoms with E-state index in [4.69, 9.17) is 9.47 Å². The highest BCUT2D eigenvalue weighted by Gasteiger charge is 2.47. The first-order chi connectivity index (χ1) is 13.4. The minimum atomic E-state index is -0.961. The number of imide groups is 1. The molecule has 1 heterocycles. The van der Waals surface area contributed by atoms with Gasteiger partial charge in [0.1, 0.15) is 5.75 Å². The van der Waals surface area contributed by atoms with Crippen molar-refractivity contribution >= 4 is 23.6 Å². The van der Waals surface area contributed by atoms with Crippen LogP contribution in [0.5, 0.6) is 5.75 Å². The van der Waals surface area contributed by atoms with Crippen LogP contribution in [0.3, 0.4) is 0 Å². The van der Waals surface area contributed by atoms with Crippen LogP contribution in [0.2, 0.25) is 0 Å². The van der Waals surface area contributed by atoms with Crippen LogP contribution in [0.4, 0.5) is 0 Å². The minimum absolute atomic E-state index is 0.0209. The average Bonchev–Trinajstić information content (AvgIpc) is 2.96. The highest BCUT2D eigenvalue weighted by molar-refractivity contribution is 6.05. The van der Waals surface area contributed by atoms with Gasteiger partial charge in [0.25, 0.3) is 0 Å². The highest BCUT2D eigenvalue weighted by atomic mass is 16.5. The van der Waals surface area contributed by atoms with Crippen molar-refractivity contribution in [3.05, 3.63) is 42.0 Å². The number of rotatable bonds is 7. The van der Waals surface area contributed by atoms with Crippen LogP contribution in [0, 0.1) is 11.8 Å². The van der Waals surface area contributed by atoms with Crippen molar-refractivity contribution in [2.75, 3.05) is 13.7 Å². The maximum absolute atomic E-state index is 12.4. The zero-order valence-corrected chi connectivity index (χ0v) is 15.9. The molecular weight excluding hydrogens is 362 g/mol. The highest BCUT2D eigenvalue weighted by Crippen LogP contribution is 2.35. The van der Waals surface area contributed by atoms with E-state index in [1.165, 1.54) is 14.0 Å². The molecule has 0 radical (unpaired) electrons. The van der Waals surface area contributed by atoms with Crippen molar-refractivity contribution in [3.63, 3.8) is 0 Å². The molecule has 7 heteroatoms. The molecule has 0 N–H and O–H groups in total.